The first-order valence-corrected chi connectivity index (χ1v) is 11.4. The van der Waals surface area contributed by atoms with Gasteiger partial charge in [0, 0.05) is 57.5 Å². The van der Waals surface area contributed by atoms with Gasteiger partial charge < -0.3 is 19.8 Å². The second-order valence-corrected chi connectivity index (χ2v) is 9.29. The van der Waals surface area contributed by atoms with Crippen LogP contribution in [0.5, 0.6) is 0 Å². The van der Waals surface area contributed by atoms with Crippen LogP contribution in [0.4, 0.5) is 0 Å². The summed E-state index contributed by atoms with van der Waals surface area (Å²) in [5.41, 5.74) is 0.228. The minimum absolute atomic E-state index is 0. The van der Waals surface area contributed by atoms with Crippen LogP contribution in [0.1, 0.15) is 60.3 Å². The molecule has 0 aromatic heterocycles. The van der Waals surface area contributed by atoms with Gasteiger partial charge in [0.2, 0.25) is 0 Å². The number of ether oxygens (including phenoxy) is 2. The van der Waals surface area contributed by atoms with Gasteiger partial charge in [-0.05, 0) is 59.9 Å². The number of piperazine rings is 1. The lowest BCUT2D eigenvalue weighted by Gasteiger charge is -2.51. The third-order valence-corrected chi connectivity index (χ3v) is 7.52. The second-order valence-electron chi connectivity index (χ2n) is 9.29. The molecule has 1 atom stereocenters. The Morgan fingerprint density at radius 1 is 0.893 bits per heavy atom. The Hall–Kier alpha value is -0.240. The van der Waals surface area contributed by atoms with Gasteiger partial charge in [-0.25, -0.2) is 0 Å². The van der Waals surface area contributed by atoms with E-state index in [0.29, 0.717) is 24.4 Å². The molecule has 2 saturated heterocycles. The van der Waals surface area contributed by atoms with E-state index in [0.717, 1.165) is 19.4 Å². The standard InChI is InChI=1S/C22H43N3O2.H2O/c1-6-23-12-14-25(15-13-23)22(4,5)18(3)24-10-8-19(9-11-24)27-21-16-20(17-21)26-7-2;/h18-21H,6-17H2,1-5H3;1H2. The largest absolute Gasteiger partial charge is 0.412 e. The van der Waals surface area contributed by atoms with E-state index < -0.39 is 0 Å². The second kappa shape index (κ2) is 10.7. The summed E-state index contributed by atoms with van der Waals surface area (Å²) in [5, 5.41) is 0. The van der Waals surface area contributed by atoms with Crippen molar-refractivity contribution >= 4 is 0 Å². The lowest BCUT2D eigenvalue weighted by Crippen LogP contribution is -2.63. The molecule has 3 fully saturated rings. The van der Waals surface area contributed by atoms with Crippen LogP contribution in [0, 0.1) is 0 Å². The van der Waals surface area contributed by atoms with Gasteiger partial charge in [0.05, 0.1) is 18.3 Å². The first-order chi connectivity index (χ1) is 12.9. The van der Waals surface area contributed by atoms with Crippen molar-refractivity contribution in [2.45, 2.75) is 90.2 Å². The molecule has 0 amide bonds. The Bertz CT molecular complexity index is 440. The number of hydrogen-bond donors (Lipinski definition) is 0. The molecule has 1 unspecified atom stereocenters. The molecule has 0 bridgehead atoms. The van der Waals surface area contributed by atoms with Crippen LogP contribution < -0.4 is 0 Å². The Morgan fingerprint density at radius 3 is 2.04 bits per heavy atom. The molecule has 6 heteroatoms. The minimum Gasteiger partial charge on any atom is -0.412 e. The molecule has 3 rings (SSSR count). The number of hydrogen-bond acceptors (Lipinski definition) is 5. The summed E-state index contributed by atoms with van der Waals surface area (Å²) >= 11 is 0. The SMILES string of the molecule is CCOC1CC(OC2CCN(C(C)C(C)(C)N3CCN(CC)CC3)CC2)C1.O. The van der Waals surface area contributed by atoms with E-state index >= 15 is 0 Å². The molecular formula is C22H45N3O3. The summed E-state index contributed by atoms with van der Waals surface area (Å²) in [5.74, 6) is 0. The summed E-state index contributed by atoms with van der Waals surface area (Å²) in [6, 6.07) is 0.581. The van der Waals surface area contributed by atoms with Crippen molar-refractivity contribution in [3.05, 3.63) is 0 Å². The maximum atomic E-state index is 6.34. The van der Waals surface area contributed by atoms with Crippen molar-refractivity contribution in [3.8, 4) is 0 Å². The molecule has 1 saturated carbocycles. The van der Waals surface area contributed by atoms with Crippen molar-refractivity contribution < 1.29 is 14.9 Å². The van der Waals surface area contributed by atoms with Gasteiger partial charge in [-0.2, -0.15) is 0 Å². The van der Waals surface area contributed by atoms with Crippen molar-refractivity contribution in [1.29, 1.82) is 0 Å². The quantitative estimate of drug-likeness (QED) is 0.625. The first kappa shape index (κ1) is 24.0. The molecule has 2 aliphatic heterocycles. The summed E-state index contributed by atoms with van der Waals surface area (Å²) in [4.78, 5) is 7.99. The minimum atomic E-state index is 0. The average molecular weight is 400 g/mol. The number of nitrogens with zero attached hydrogens (tertiary/aromatic N) is 3. The highest BCUT2D eigenvalue weighted by Crippen LogP contribution is 2.31. The molecule has 2 heterocycles. The summed E-state index contributed by atoms with van der Waals surface area (Å²) < 4.78 is 12.0. The van der Waals surface area contributed by atoms with E-state index in [-0.39, 0.29) is 11.0 Å². The molecule has 0 spiro atoms. The highest BCUT2D eigenvalue weighted by molar-refractivity contribution is 4.96. The fourth-order valence-electron chi connectivity index (χ4n) is 5.02. The molecular weight excluding hydrogens is 354 g/mol. The van der Waals surface area contributed by atoms with E-state index in [9.17, 15) is 0 Å². The average Bonchev–Trinajstić information content (AvgIpc) is 2.66. The fourth-order valence-corrected chi connectivity index (χ4v) is 5.02. The van der Waals surface area contributed by atoms with Gasteiger partial charge in [0.25, 0.3) is 0 Å². The van der Waals surface area contributed by atoms with Crippen LogP contribution in [-0.2, 0) is 9.47 Å². The Balaban J connectivity index is 0.00000280. The van der Waals surface area contributed by atoms with Crippen LogP contribution in [0.2, 0.25) is 0 Å². The van der Waals surface area contributed by atoms with Crippen molar-refractivity contribution in [1.82, 2.24) is 14.7 Å². The molecule has 28 heavy (non-hydrogen) atoms. The zero-order valence-corrected chi connectivity index (χ0v) is 19.0. The molecule has 6 nitrogen and oxygen atoms in total. The fraction of sp³-hybridized carbons (Fsp3) is 1.00. The molecule has 3 aliphatic rings. The maximum Gasteiger partial charge on any atom is 0.0628 e. The lowest BCUT2D eigenvalue weighted by atomic mass is 9.89. The molecule has 0 radical (unpaired) electrons. The van der Waals surface area contributed by atoms with E-state index in [2.05, 4.69) is 49.3 Å². The Labute approximate surface area is 172 Å². The van der Waals surface area contributed by atoms with E-state index in [1.807, 2.05) is 0 Å². The molecule has 0 aromatic carbocycles. The van der Waals surface area contributed by atoms with Crippen LogP contribution in [0.25, 0.3) is 0 Å². The number of rotatable bonds is 8. The number of likely N-dealkylation sites (N-methyl/N-ethyl adjacent to an activating group) is 1. The van der Waals surface area contributed by atoms with Crippen molar-refractivity contribution in [3.63, 3.8) is 0 Å². The highest BCUT2D eigenvalue weighted by atomic mass is 16.5. The third kappa shape index (κ3) is 5.67. The van der Waals surface area contributed by atoms with Gasteiger partial charge in [-0.3, -0.25) is 9.80 Å². The topological polar surface area (TPSA) is 59.7 Å². The first-order valence-electron chi connectivity index (χ1n) is 11.4. The number of piperidine rings is 1. The van der Waals surface area contributed by atoms with Gasteiger partial charge in [0.15, 0.2) is 0 Å². The predicted octanol–water partition coefficient (Wildman–Crippen LogP) is 2.01. The summed E-state index contributed by atoms with van der Waals surface area (Å²) in [6.45, 7) is 20.9. The predicted molar refractivity (Wildman–Crippen MR) is 115 cm³/mol. The Kier molecular flexibility index (Phi) is 9.17. The third-order valence-electron chi connectivity index (χ3n) is 7.52. The highest BCUT2D eigenvalue weighted by Gasteiger charge is 2.39. The van der Waals surface area contributed by atoms with Crippen molar-refractivity contribution in [2.75, 3.05) is 52.4 Å². The lowest BCUT2D eigenvalue weighted by molar-refractivity contribution is -0.136. The van der Waals surface area contributed by atoms with Gasteiger partial charge >= 0.3 is 0 Å². The zero-order valence-electron chi connectivity index (χ0n) is 19.0. The Morgan fingerprint density at radius 2 is 1.50 bits per heavy atom. The van der Waals surface area contributed by atoms with Crippen molar-refractivity contribution in [2.24, 2.45) is 0 Å². The van der Waals surface area contributed by atoms with Crippen LogP contribution >= 0.6 is 0 Å². The summed E-state index contributed by atoms with van der Waals surface area (Å²) in [6.07, 6.45) is 5.91. The van der Waals surface area contributed by atoms with Gasteiger partial charge in [0.1, 0.15) is 0 Å². The number of likely N-dealkylation sites (tertiary alicyclic amines) is 1. The van der Waals surface area contributed by atoms with E-state index in [1.165, 1.54) is 58.7 Å². The molecule has 1 aliphatic carbocycles. The van der Waals surface area contributed by atoms with E-state index in [1.54, 1.807) is 0 Å². The smallest absolute Gasteiger partial charge is 0.0628 e. The molecule has 166 valence electrons. The van der Waals surface area contributed by atoms with Crippen LogP contribution in [0.15, 0.2) is 0 Å². The van der Waals surface area contributed by atoms with Crippen LogP contribution in [-0.4, -0.2) is 102 Å². The van der Waals surface area contributed by atoms with Crippen LogP contribution in [0.3, 0.4) is 0 Å². The summed E-state index contributed by atoms with van der Waals surface area (Å²) in [7, 11) is 0. The van der Waals surface area contributed by atoms with Gasteiger partial charge in [-0.15, -0.1) is 0 Å². The van der Waals surface area contributed by atoms with Gasteiger partial charge in [-0.1, -0.05) is 6.92 Å². The maximum absolute atomic E-state index is 6.34. The molecule has 0 aromatic rings. The van der Waals surface area contributed by atoms with E-state index in [4.69, 9.17) is 9.47 Å². The zero-order chi connectivity index (χ0) is 19.4. The monoisotopic (exact) mass is 399 g/mol. The molecule has 2 N–H and O–H groups in total. The normalized spacial score (nSPS) is 29.9.